The number of carboxylic acids is 1. The molecule has 0 aromatic carbocycles. The number of carbonyl (C=O) groups is 1. The van der Waals surface area contributed by atoms with Crippen LogP contribution in [0.4, 0.5) is 0 Å². The Hall–Kier alpha value is -0.100. The molecule has 0 atom stereocenters. The maximum absolute atomic E-state index is 9.60. The minimum absolute atomic E-state index is 0.176. The summed E-state index contributed by atoms with van der Waals surface area (Å²) >= 11 is 2.40. The zero-order chi connectivity index (χ0) is 11.1. The van der Waals surface area contributed by atoms with Gasteiger partial charge in [0, 0.05) is 10.0 Å². The fourth-order valence-corrected chi connectivity index (χ4v) is 1.70. The summed E-state index contributed by atoms with van der Waals surface area (Å²) in [5.41, 5.74) is 0.176. The number of rotatable bonds is 3. The summed E-state index contributed by atoms with van der Waals surface area (Å²) in [7, 11) is 6.62. The molecule has 1 N–H and O–H groups in total. The van der Waals surface area contributed by atoms with E-state index in [4.69, 9.17) is 5.11 Å². The highest BCUT2D eigenvalue weighted by atomic mass is 127. The van der Waals surface area contributed by atoms with Crippen LogP contribution in [0.2, 0.25) is 0 Å². The Morgan fingerprint density at radius 1 is 1.46 bits per heavy atom. The first kappa shape index (κ1) is 15.4. The molecule has 0 rings (SSSR count). The van der Waals surface area contributed by atoms with Gasteiger partial charge in [-0.15, -0.1) is 0 Å². The quantitative estimate of drug-likeness (QED) is 0.373. The van der Waals surface area contributed by atoms with E-state index in [0.717, 1.165) is 4.48 Å². The van der Waals surface area contributed by atoms with E-state index in [1.807, 2.05) is 0 Å². The topological polar surface area (TPSA) is 37.3 Å². The van der Waals surface area contributed by atoms with Gasteiger partial charge in [0.25, 0.3) is 0 Å². The fourth-order valence-electron chi connectivity index (χ4n) is 0.254. The predicted octanol–water partition coefficient (Wildman–Crippen LogP) is 1.77. The van der Waals surface area contributed by atoms with Crippen molar-refractivity contribution in [2.24, 2.45) is 0 Å². The summed E-state index contributed by atoms with van der Waals surface area (Å²) in [6.45, 7) is 5.87. The normalized spacial score (nSPS) is 9.92. The van der Waals surface area contributed by atoms with Crippen LogP contribution in [0.1, 0.15) is 6.92 Å². The van der Waals surface area contributed by atoms with Gasteiger partial charge >= 0.3 is 5.97 Å². The predicted molar refractivity (Wildman–Crippen MR) is 64.2 cm³/mol. The number of nitrogens with zero attached hydrogens (tertiary/aromatic N) is 1. The SMILES string of the molecule is C=C(C)C(=O)O.C[N+](C)(C)CCI. The Kier molecular flexibility index (Phi) is 8.65. The van der Waals surface area contributed by atoms with Crippen molar-refractivity contribution in [3.63, 3.8) is 0 Å². The van der Waals surface area contributed by atoms with Gasteiger partial charge in [0.2, 0.25) is 0 Å². The lowest BCUT2D eigenvalue weighted by Gasteiger charge is -2.21. The molecular weight excluding hydrogens is 281 g/mol. The number of halogens is 1. The molecule has 3 nitrogen and oxygen atoms in total. The van der Waals surface area contributed by atoms with E-state index >= 15 is 0 Å². The van der Waals surface area contributed by atoms with Crippen molar-refractivity contribution in [3.05, 3.63) is 12.2 Å². The van der Waals surface area contributed by atoms with Gasteiger partial charge in [0.15, 0.2) is 0 Å². The average molecular weight is 300 g/mol. The molecule has 4 heteroatoms. The summed E-state index contributed by atoms with van der Waals surface area (Å²) < 4.78 is 2.34. The van der Waals surface area contributed by atoms with Crippen molar-refractivity contribution in [2.45, 2.75) is 6.92 Å². The highest BCUT2D eigenvalue weighted by Crippen LogP contribution is 1.91. The zero-order valence-corrected chi connectivity index (χ0v) is 11.0. The molecule has 0 fully saturated rings. The molecule has 0 aromatic rings. The number of aliphatic carboxylic acids is 1. The molecule has 0 saturated carbocycles. The smallest absolute Gasteiger partial charge is 0.330 e. The van der Waals surface area contributed by atoms with Crippen LogP contribution in [0.15, 0.2) is 12.2 Å². The van der Waals surface area contributed by atoms with Crippen molar-refractivity contribution in [2.75, 3.05) is 32.1 Å². The van der Waals surface area contributed by atoms with Crippen molar-refractivity contribution in [1.82, 2.24) is 0 Å². The van der Waals surface area contributed by atoms with Gasteiger partial charge in [-0.25, -0.2) is 4.79 Å². The van der Waals surface area contributed by atoms with Gasteiger partial charge < -0.3 is 9.59 Å². The van der Waals surface area contributed by atoms with E-state index in [1.54, 1.807) is 0 Å². The van der Waals surface area contributed by atoms with Gasteiger partial charge in [-0.05, 0) is 6.92 Å². The van der Waals surface area contributed by atoms with Crippen LogP contribution in [0, 0.1) is 0 Å². The minimum Gasteiger partial charge on any atom is -0.478 e. The molecule has 0 saturated heterocycles. The number of quaternary nitrogens is 1. The van der Waals surface area contributed by atoms with E-state index in [0.29, 0.717) is 0 Å². The summed E-state index contributed by atoms with van der Waals surface area (Å²) in [6.07, 6.45) is 0. The Balaban J connectivity index is 0. The molecule has 0 aromatic heterocycles. The largest absolute Gasteiger partial charge is 0.478 e. The van der Waals surface area contributed by atoms with Gasteiger partial charge in [-0.1, -0.05) is 29.2 Å². The second-order valence-corrected chi connectivity index (χ2v) is 4.87. The first-order valence-corrected chi connectivity index (χ1v) is 5.48. The third-order valence-corrected chi connectivity index (χ3v) is 1.60. The number of hydrogen-bond acceptors (Lipinski definition) is 1. The van der Waals surface area contributed by atoms with E-state index in [2.05, 4.69) is 50.3 Å². The van der Waals surface area contributed by atoms with Crippen LogP contribution in [0.5, 0.6) is 0 Å². The standard InChI is InChI=1S/C5H13IN.C4H6O2/c1-7(2,3)5-4-6;1-3(2)4(5)6/h4-5H2,1-3H3;1H2,2H3,(H,5,6)/q+1;. The van der Waals surface area contributed by atoms with Crippen LogP contribution in [-0.4, -0.2) is 47.7 Å². The average Bonchev–Trinajstić information content (AvgIpc) is 1.85. The summed E-state index contributed by atoms with van der Waals surface area (Å²) in [5.74, 6) is -0.935. The lowest BCUT2D eigenvalue weighted by molar-refractivity contribution is -0.867. The van der Waals surface area contributed by atoms with Crippen LogP contribution in [0.3, 0.4) is 0 Å². The number of carboxylic acid groups (broad SMARTS) is 1. The van der Waals surface area contributed by atoms with Crippen LogP contribution >= 0.6 is 22.6 Å². The summed E-state index contributed by atoms with van der Waals surface area (Å²) in [5, 5.41) is 7.89. The Labute approximate surface area is 94.2 Å². The molecule has 0 aliphatic heterocycles. The monoisotopic (exact) mass is 300 g/mol. The lowest BCUT2D eigenvalue weighted by Crippen LogP contribution is -2.35. The Morgan fingerprint density at radius 3 is 1.77 bits per heavy atom. The Bertz CT molecular complexity index is 161. The molecule has 78 valence electrons. The number of hydrogen-bond donors (Lipinski definition) is 1. The molecule has 0 aliphatic rings. The van der Waals surface area contributed by atoms with Crippen molar-refractivity contribution >= 4 is 28.6 Å². The maximum atomic E-state index is 9.60. The van der Waals surface area contributed by atoms with Crippen molar-refractivity contribution in [3.8, 4) is 0 Å². The molecule has 0 unspecified atom stereocenters. The van der Waals surface area contributed by atoms with Gasteiger partial charge in [0.05, 0.1) is 27.7 Å². The first-order chi connectivity index (χ1) is 5.70. The molecule has 0 spiro atoms. The molecule has 0 heterocycles. The minimum atomic E-state index is -0.935. The molecule has 0 aliphatic carbocycles. The molecule has 13 heavy (non-hydrogen) atoms. The highest BCUT2D eigenvalue weighted by molar-refractivity contribution is 14.1. The van der Waals surface area contributed by atoms with Gasteiger partial charge in [-0.3, -0.25) is 0 Å². The molecular formula is C9H19INO2+. The van der Waals surface area contributed by atoms with E-state index in [-0.39, 0.29) is 5.57 Å². The molecule has 0 radical (unpaired) electrons. The Morgan fingerprint density at radius 2 is 1.77 bits per heavy atom. The lowest BCUT2D eigenvalue weighted by atomic mass is 10.4. The van der Waals surface area contributed by atoms with E-state index < -0.39 is 5.97 Å². The van der Waals surface area contributed by atoms with Crippen molar-refractivity contribution in [1.29, 1.82) is 0 Å². The number of alkyl halides is 1. The second-order valence-electron chi connectivity index (χ2n) is 3.79. The van der Waals surface area contributed by atoms with Crippen molar-refractivity contribution < 1.29 is 14.4 Å². The van der Waals surface area contributed by atoms with Crippen LogP contribution in [-0.2, 0) is 4.79 Å². The highest BCUT2D eigenvalue weighted by Gasteiger charge is 2.02. The van der Waals surface area contributed by atoms with Crippen LogP contribution < -0.4 is 0 Å². The summed E-state index contributed by atoms with van der Waals surface area (Å²) in [6, 6.07) is 0. The maximum Gasteiger partial charge on any atom is 0.330 e. The van der Waals surface area contributed by atoms with Gasteiger partial charge in [-0.2, -0.15) is 0 Å². The second kappa shape index (κ2) is 7.32. The third-order valence-electron chi connectivity index (χ3n) is 1.12. The zero-order valence-electron chi connectivity index (χ0n) is 8.80. The summed E-state index contributed by atoms with van der Waals surface area (Å²) in [4.78, 5) is 9.60. The molecule has 0 bridgehead atoms. The third kappa shape index (κ3) is 18.7. The first-order valence-electron chi connectivity index (χ1n) is 3.96. The van der Waals surface area contributed by atoms with E-state index in [1.165, 1.54) is 17.9 Å². The van der Waals surface area contributed by atoms with E-state index in [9.17, 15) is 4.79 Å². The molecule has 0 amide bonds. The van der Waals surface area contributed by atoms with Crippen LogP contribution in [0.25, 0.3) is 0 Å². The fraction of sp³-hybridized carbons (Fsp3) is 0.667. The van der Waals surface area contributed by atoms with Gasteiger partial charge in [0.1, 0.15) is 0 Å².